The zero-order valence-corrected chi connectivity index (χ0v) is 13.3. The van der Waals surface area contributed by atoms with Gasteiger partial charge < -0.3 is 5.11 Å². The average Bonchev–Trinajstić information content (AvgIpc) is 2.33. The molecule has 0 saturated carbocycles. The highest BCUT2D eigenvalue weighted by atomic mass is 32.2. The van der Waals surface area contributed by atoms with Crippen LogP contribution in [0.3, 0.4) is 0 Å². The molecule has 0 saturated heterocycles. The van der Waals surface area contributed by atoms with Crippen molar-refractivity contribution in [3.63, 3.8) is 0 Å². The zero-order valence-electron chi connectivity index (χ0n) is 11.7. The Kier molecular flexibility index (Phi) is 5.48. The highest BCUT2D eigenvalue weighted by molar-refractivity contribution is 7.90. The van der Waals surface area contributed by atoms with Gasteiger partial charge in [-0.1, -0.05) is 6.07 Å². The van der Waals surface area contributed by atoms with Crippen molar-refractivity contribution in [3.05, 3.63) is 29.3 Å². The number of hydrogen-bond acceptors (Lipinski definition) is 5. The number of aromatic carboxylic acids is 1. The van der Waals surface area contributed by atoms with E-state index in [4.69, 9.17) is 5.11 Å². The Balaban J connectivity index is 2.88. The van der Waals surface area contributed by atoms with Crippen molar-refractivity contribution in [1.82, 2.24) is 4.72 Å². The van der Waals surface area contributed by atoms with E-state index in [2.05, 4.69) is 4.72 Å². The minimum atomic E-state index is -3.87. The fourth-order valence-corrected chi connectivity index (χ4v) is 3.65. The first-order valence-electron chi connectivity index (χ1n) is 6.04. The molecule has 118 valence electrons. The molecule has 21 heavy (non-hydrogen) atoms. The molecular weight excluding hydrogens is 318 g/mol. The molecule has 0 bridgehead atoms. The number of carboxylic acid groups (broad SMARTS) is 1. The van der Waals surface area contributed by atoms with Gasteiger partial charge >= 0.3 is 5.97 Å². The summed E-state index contributed by atoms with van der Waals surface area (Å²) in [7, 11) is -7.02. The lowest BCUT2D eigenvalue weighted by molar-refractivity contribution is 0.0696. The van der Waals surface area contributed by atoms with E-state index in [1.807, 2.05) is 0 Å². The number of aryl methyl sites for hydroxylation is 1. The summed E-state index contributed by atoms with van der Waals surface area (Å²) >= 11 is 0. The van der Waals surface area contributed by atoms with Gasteiger partial charge in [-0.25, -0.2) is 26.4 Å². The zero-order chi connectivity index (χ0) is 16.3. The third kappa shape index (κ3) is 5.44. The van der Waals surface area contributed by atoms with Gasteiger partial charge in [-0.2, -0.15) is 0 Å². The average molecular weight is 335 g/mol. The molecule has 0 fully saturated rings. The van der Waals surface area contributed by atoms with Crippen molar-refractivity contribution in [2.45, 2.75) is 18.2 Å². The fourth-order valence-electron chi connectivity index (χ4n) is 1.64. The number of carbonyl (C=O) groups is 1. The van der Waals surface area contributed by atoms with Crippen LogP contribution in [0, 0.1) is 6.92 Å². The summed E-state index contributed by atoms with van der Waals surface area (Å²) in [6.45, 7) is 1.52. The van der Waals surface area contributed by atoms with Crippen LogP contribution in [-0.2, 0) is 19.9 Å². The van der Waals surface area contributed by atoms with Gasteiger partial charge in [0, 0.05) is 12.8 Å². The van der Waals surface area contributed by atoms with Gasteiger partial charge in [-0.3, -0.25) is 0 Å². The molecular formula is C12H17NO6S2. The maximum atomic E-state index is 12.1. The first-order chi connectivity index (χ1) is 9.53. The summed E-state index contributed by atoms with van der Waals surface area (Å²) in [4.78, 5) is 10.8. The molecule has 0 aromatic heterocycles. The largest absolute Gasteiger partial charge is 0.478 e. The van der Waals surface area contributed by atoms with E-state index in [0.29, 0.717) is 5.56 Å². The van der Waals surface area contributed by atoms with Crippen LogP contribution in [0.15, 0.2) is 23.1 Å². The van der Waals surface area contributed by atoms with Crippen LogP contribution in [0.4, 0.5) is 0 Å². The summed E-state index contributed by atoms with van der Waals surface area (Å²) in [5.41, 5.74) is 0.285. The molecule has 7 nitrogen and oxygen atoms in total. The van der Waals surface area contributed by atoms with Crippen LogP contribution in [0.5, 0.6) is 0 Å². The lowest BCUT2D eigenvalue weighted by Crippen LogP contribution is -2.27. The van der Waals surface area contributed by atoms with Gasteiger partial charge in [0.2, 0.25) is 10.0 Å². The normalized spacial score (nSPS) is 12.3. The molecule has 0 aliphatic rings. The molecule has 0 atom stereocenters. The second kappa shape index (κ2) is 6.54. The Morgan fingerprint density at radius 2 is 1.86 bits per heavy atom. The maximum absolute atomic E-state index is 12.1. The minimum absolute atomic E-state index is 0.0356. The van der Waals surface area contributed by atoms with Gasteiger partial charge in [0.05, 0.1) is 16.2 Å². The van der Waals surface area contributed by atoms with E-state index in [-0.39, 0.29) is 29.2 Å². The number of hydrogen-bond donors (Lipinski definition) is 2. The molecule has 0 heterocycles. The van der Waals surface area contributed by atoms with E-state index in [1.165, 1.54) is 12.1 Å². The lowest BCUT2D eigenvalue weighted by atomic mass is 10.1. The van der Waals surface area contributed by atoms with Crippen LogP contribution in [0.2, 0.25) is 0 Å². The lowest BCUT2D eigenvalue weighted by Gasteiger charge is -2.10. The summed E-state index contributed by atoms with van der Waals surface area (Å²) in [5, 5.41) is 8.89. The van der Waals surface area contributed by atoms with Crippen molar-refractivity contribution in [1.29, 1.82) is 0 Å². The van der Waals surface area contributed by atoms with Gasteiger partial charge in [-0.05, 0) is 31.0 Å². The number of rotatable bonds is 7. The number of sulfonamides is 1. The van der Waals surface area contributed by atoms with Crippen molar-refractivity contribution in [2.75, 3.05) is 18.6 Å². The highest BCUT2D eigenvalue weighted by Crippen LogP contribution is 2.17. The molecule has 0 radical (unpaired) electrons. The second-order valence-corrected chi connectivity index (χ2v) is 8.66. The smallest absolute Gasteiger partial charge is 0.335 e. The Morgan fingerprint density at radius 3 is 2.38 bits per heavy atom. The van der Waals surface area contributed by atoms with Crippen molar-refractivity contribution in [3.8, 4) is 0 Å². The molecule has 1 aromatic carbocycles. The van der Waals surface area contributed by atoms with Crippen LogP contribution in [0.25, 0.3) is 0 Å². The highest BCUT2D eigenvalue weighted by Gasteiger charge is 2.18. The summed E-state index contributed by atoms with van der Waals surface area (Å²) in [5.74, 6) is -1.34. The first kappa shape index (κ1) is 17.6. The predicted molar refractivity (Wildman–Crippen MR) is 77.7 cm³/mol. The molecule has 0 aliphatic carbocycles. The fraction of sp³-hybridized carbons (Fsp3) is 0.417. The molecule has 1 aromatic rings. The van der Waals surface area contributed by atoms with Gasteiger partial charge in [0.25, 0.3) is 0 Å². The minimum Gasteiger partial charge on any atom is -0.478 e. The Hall–Kier alpha value is -1.45. The van der Waals surface area contributed by atoms with Crippen molar-refractivity contribution < 1.29 is 26.7 Å². The second-order valence-electron chi connectivity index (χ2n) is 4.67. The van der Waals surface area contributed by atoms with Crippen LogP contribution in [0.1, 0.15) is 22.3 Å². The predicted octanol–water partition coefficient (Wildman–Crippen LogP) is 0.406. The number of nitrogens with one attached hydrogen (secondary N) is 1. The molecule has 0 spiro atoms. The van der Waals surface area contributed by atoms with Gasteiger partial charge in [-0.15, -0.1) is 0 Å². The quantitative estimate of drug-likeness (QED) is 0.697. The third-order valence-electron chi connectivity index (χ3n) is 2.71. The molecule has 0 aliphatic heterocycles. The van der Waals surface area contributed by atoms with Crippen LogP contribution in [-0.4, -0.2) is 46.5 Å². The molecule has 9 heteroatoms. The first-order valence-corrected chi connectivity index (χ1v) is 9.58. The van der Waals surface area contributed by atoms with Crippen molar-refractivity contribution in [2.24, 2.45) is 0 Å². The topological polar surface area (TPSA) is 118 Å². The summed E-state index contributed by atoms with van der Waals surface area (Å²) in [6, 6.07) is 3.81. The monoisotopic (exact) mass is 335 g/mol. The van der Waals surface area contributed by atoms with E-state index in [0.717, 1.165) is 12.3 Å². The van der Waals surface area contributed by atoms with Crippen LogP contribution < -0.4 is 4.72 Å². The Labute approximate surface area is 124 Å². The van der Waals surface area contributed by atoms with Gasteiger partial charge in [0.15, 0.2) is 0 Å². The summed E-state index contributed by atoms with van der Waals surface area (Å²) < 4.78 is 48.4. The van der Waals surface area contributed by atoms with E-state index in [1.54, 1.807) is 6.92 Å². The Morgan fingerprint density at radius 1 is 1.24 bits per heavy atom. The molecule has 2 N–H and O–H groups in total. The van der Waals surface area contributed by atoms with E-state index < -0.39 is 25.8 Å². The maximum Gasteiger partial charge on any atom is 0.335 e. The molecule has 0 unspecified atom stereocenters. The number of benzene rings is 1. The Bertz CT molecular complexity index is 737. The SMILES string of the molecule is Cc1ccc(C(=O)O)cc1S(=O)(=O)NCCCS(C)(=O)=O. The number of carboxylic acids is 1. The van der Waals surface area contributed by atoms with Crippen molar-refractivity contribution >= 4 is 25.8 Å². The summed E-state index contributed by atoms with van der Waals surface area (Å²) in [6.07, 6.45) is 1.22. The van der Waals surface area contributed by atoms with E-state index in [9.17, 15) is 21.6 Å². The molecule has 1 rings (SSSR count). The third-order valence-corrected chi connectivity index (χ3v) is 5.34. The van der Waals surface area contributed by atoms with Crippen LogP contribution >= 0.6 is 0 Å². The molecule has 0 amide bonds. The van der Waals surface area contributed by atoms with E-state index >= 15 is 0 Å². The standard InChI is InChI=1S/C12H17NO6S2/c1-9-4-5-10(12(14)15)8-11(9)21(18,19)13-6-3-7-20(2,16)17/h4-5,8,13H,3,6-7H2,1-2H3,(H,14,15). The number of sulfone groups is 1. The van der Waals surface area contributed by atoms with Gasteiger partial charge in [0.1, 0.15) is 9.84 Å².